The van der Waals surface area contributed by atoms with Gasteiger partial charge in [0.1, 0.15) is 6.04 Å². The van der Waals surface area contributed by atoms with Crippen molar-refractivity contribution in [1.82, 2.24) is 15.5 Å². The molecule has 0 bridgehead atoms. The second-order valence-corrected chi connectivity index (χ2v) is 6.63. The Bertz CT molecular complexity index is 825. The number of halogens is 2. The zero-order valence-corrected chi connectivity index (χ0v) is 14.7. The number of amides is 4. The average Bonchev–Trinajstić information content (AvgIpc) is 2.95. The molecular weight excluding hydrogens is 360 g/mol. The molecule has 2 aliphatic heterocycles. The van der Waals surface area contributed by atoms with E-state index in [1.807, 2.05) is 0 Å². The molecule has 1 unspecified atom stereocenters. The Hall–Kier alpha value is -2.84. The average molecular weight is 379 g/mol. The number of hydrogen-bond acceptors (Lipinski definition) is 4. The van der Waals surface area contributed by atoms with Gasteiger partial charge in [-0.2, -0.15) is 8.78 Å². The molecule has 0 spiro atoms. The fourth-order valence-electron chi connectivity index (χ4n) is 3.21. The summed E-state index contributed by atoms with van der Waals surface area (Å²) >= 11 is 0. The van der Waals surface area contributed by atoms with Crippen molar-refractivity contribution in [3.8, 4) is 0 Å². The van der Waals surface area contributed by atoms with Crippen molar-refractivity contribution in [1.29, 1.82) is 0 Å². The standard InChI is InChI=1S/C18H19F2N3O4/c1-2-18(19,20)17(27)21-8-10-3-4-12-11(7-10)9-23(16(12)26)13-5-6-14(24)22-15(13)25/h3-4,7,13H,2,5-6,8-9H2,1H3,(H,21,27)(H,22,24,25). The summed E-state index contributed by atoms with van der Waals surface area (Å²) in [5, 5.41) is 4.42. The van der Waals surface area contributed by atoms with Gasteiger partial charge in [0, 0.05) is 31.5 Å². The van der Waals surface area contributed by atoms with E-state index in [9.17, 15) is 28.0 Å². The van der Waals surface area contributed by atoms with Gasteiger partial charge in [0.05, 0.1) is 0 Å². The van der Waals surface area contributed by atoms with Gasteiger partial charge in [-0.3, -0.25) is 24.5 Å². The van der Waals surface area contributed by atoms with Crippen molar-refractivity contribution >= 4 is 23.6 Å². The molecule has 1 aromatic carbocycles. The first-order valence-corrected chi connectivity index (χ1v) is 8.65. The summed E-state index contributed by atoms with van der Waals surface area (Å²) in [5.41, 5.74) is 1.65. The number of piperidine rings is 1. The number of imide groups is 1. The lowest BCUT2D eigenvalue weighted by Crippen LogP contribution is -2.52. The molecule has 1 saturated heterocycles. The van der Waals surface area contributed by atoms with E-state index in [-0.39, 0.29) is 37.7 Å². The lowest BCUT2D eigenvalue weighted by molar-refractivity contribution is -0.146. The molecule has 27 heavy (non-hydrogen) atoms. The van der Waals surface area contributed by atoms with Gasteiger partial charge in [-0.15, -0.1) is 0 Å². The molecule has 1 atom stereocenters. The number of carbonyl (C=O) groups is 4. The summed E-state index contributed by atoms with van der Waals surface area (Å²) in [4.78, 5) is 48.7. The van der Waals surface area contributed by atoms with E-state index in [2.05, 4.69) is 10.6 Å². The van der Waals surface area contributed by atoms with Gasteiger partial charge < -0.3 is 10.2 Å². The van der Waals surface area contributed by atoms with Crippen molar-refractivity contribution in [2.45, 2.75) is 51.2 Å². The molecule has 1 fully saturated rings. The first-order valence-electron chi connectivity index (χ1n) is 8.65. The molecule has 9 heteroatoms. The Balaban J connectivity index is 1.70. The Labute approximate surface area is 154 Å². The maximum atomic E-state index is 13.3. The maximum absolute atomic E-state index is 13.3. The van der Waals surface area contributed by atoms with Crippen molar-refractivity contribution in [2.24, 2.45) is 0 Å². The van der Waals surface area contributed by atoms with Crippen LogP contribution < -0.4 is 10.6 Å². The molecule has 2 N–H and O–H groups in total. The summed E-state index contributed by atoms with van der Waals surface area (Å²) in [6.07, 6.45) is -0.155. The monoisotopic (exact) mass is 379 g/mol. The summed E-state index contributed by atoms with van der Waals surface area (Å²) < 4.78 is 26.6. The van der Waals surface area contributed by atoms with E-state index >= 15 is 0 Å². The SMILES string of the molecule is CCC(F)(F)C(=O)NCc1ccc2c(c1)CN(C1CCC(=O)NC1=O)C2=O. The molecule has 1 aromatic rings. The van der Waals surface area contributed by atoms with E-state index in [0.717, 1.165) is 0 Å². The zero-order valence-electron chi connectivity index (χ0n) is 14.7. The van der Waals surface area contributed by atoms with Gasteiger partial charge in [-0.1, -0.05) is 19.1 Å². The quantitative estimate of drug-likeness (QED) is 0.749. The van der Waals surface area contributed by atoms with Crippen LogP contribution in [-0.2, 0) is 27.5 Å². The van der Waals surface area contributed by atoms with Gasteiger partial charge >= 0.3 is 5.92 Å². The second-order valence-electron chi connectivity index (χ2n) is 6.63. The number of alkyl halides is 2. The molecule has 0 aromatic heterocycles. The topological polar surface area (TPSA) is 95.6 Å². The van der Waals surface area contributed by atoms with Crippen LogP contribution in [0.2, 0.25) is 0 Å². The van der Waals surface area contributed by atoms with Gasteiger partial charge in [0.2, 0.25) is 11.8 Å². The molecule has 0 radical (unpaired) electrons. The molecule has 0 aliphatic carbocycles. The number of nitrogens with zero attached hydrogens (tertiary/aromatic N) is 1. The normalized spacial score (nSPS) is 19.7. The van der Waals surface area contributed by atoms with Crippen molar-refractivity contribution < 1.29 is 28.0 Å². The Morgan fingerprint density at radius 2 is 2.07 bits per heavy atom. The maximum Gasteiger partial charge on any atom is 0.324 e. The molecule has 3 rings (SSSR count). The van der Waals surface area contributed by atoms with Crippen molar-refractivity contribution in [3.05, 3.63) is 34.9 Å². The van der Waals surface area contributed by atoms with E-state index < -0.39 is 30.2 Å². The Kier molecular flexibility index (Phi) is 4.95. The Morgan fingerprint density at radius 1 is 1.33 bits per heavy atom. The summed E-state index contributed by atoms with van der Waals surface area (Å²) in [6.45, 7) is 1.33. The first-order chi connectivity index (χ1) is 12.7. The minimum atomic E-state index is -3.42. The third kappa shape index (κ3) is 3.67. The molecule has 2 heterocycles. The minimum Gasteiger partial charge on any atom is -0.347 e. The van der Waals surface area contributed by atoms with E-state index in [4.69, 9.17) is 0 Å². The molecule has 2 aliphatic rings. The lowest BCUT2D eigenvalue weighted by Gasteiger charge is -2.29. The number of fused-ring (bicyclic) bond motifs is 1. The van der Waals surface area contributed by atoms with E-state index in [0.29, 0.717) is 16.7 Å². The fraction of sp³-hybridized carbons (Fsp3) is 0.444. The van der Waals surface area contributed by atoms with Crippen LogP contribution in [0.4, 0.5) is 8.78 Å². The third-order valence-electron chi connectivity index (χ3n) is 4.82. The zero-order chi connectivity index (χ0) is 19.8. The largest absolute Gasteiger partial charge is 0.347 e. The van der Waals surface area contributed by atoms with Crippen LogP contribution in [0.3, 0.4) is 0 Å². The van der Waals surface area contributed by atoms with Crippen LogP contribution in [0.5, 0.6) is 0 Å². The molecule has 4 amide bonds. The number of nitrogens with one attached hydrogen (secondary N) is 2. The second kappa shape index (κ2) is 7.05. The summed E-state index contributed by atoms with van der Waals surface area (Å²) in [7, 11) is 0. The number of hydrogen-bond donors (Lipinski definition) is 2. The highest BCUT2D eigenvalue weighted by atomic mass is 19.3. The predicted octanol–water partition coefficient (Wildman–Crippen LogP) is 1.11. The predicted molar refractivity (Wildman–Crippen MR) is 89.6 cm³/mol. The molecule has 7 nitrogen and oxygen atoms in total. The van der Waals surface area contributed by atoms with Crippen molar-refractivity contribution in [3.63, 3.8) is 0 Å². The van der Waals surface area contributed by atoms with Crippen LogP contribution in [0.15, 0.2) is 18.2 Å². The van der Waals surface area contributed by atoms with Crippen LogP contribution in [0.1, 0.15) is 47.7 Å². The lowest BCUT2D eigenvalue weighted by atomic mass is 10.0. The van der Waals surface area contributed by atoms with Crippen LogP contribution in [0.25, 0.3) is 0 Å². The van der Waals surface area contributed by atoms with Gasteiger partial charge in [-0.25, -0.2) is 0 Å². The number of rotatable bonds is 5. The molecule has 0 saturated carbocycles. The fourth-order valence-corrected chi connectivity index (χ4v) is 3.21. The van der Waals surface area contributed by atoms with E-state index in [1.165, 1.54) is 11.8 Å². The Morgan fingerprint density at radius 3 is 2.74 bits per heavy atom. The molecule has 144 valence electrons. The van der Waals surface area contributed by atoms with Gasteiger partial charge in [-0.05, 0) is 23.6 Å². The molecular formula is C18H19F2N3O4. The highest BCUT2D eigenvalue weighted by Gasteiger charge is 2.39. The van der Waals surface area contributed by atoms with Crippen LogP contribution >= 0.6 is 0 Å². The van der Waals surface area contributed by atoms with E-state index in [1.54, 1.807) is 18.2 Å². The van der Waals surface area contributed by atoms with Crippen LogP contribution in [-0.4, -0.2) is 40.5 Å². The van der Waals surface area contributed by atoms with Gasteiger partial charge in [0.25, 0.3) is 11.8 Å². The highest BCUT2D eigenvalue weighted by Crippen LogP contribution is 2.28. The first kappa shape index (κ1) is 18.9. The highest BCUT2D eigenvalue weighted by molar-refractivity contribution is 6.05. The van der Waals surface area contributed by atoms with Crippen LogP contribution in [0, 0.1) is 0 Å². The number of carbonyl (C=O) groups excluding carboxylic acids is 4. The van der Waals surface area contributed by atoms with Gasteiger partial charge in [0.15, 0.2) is 0 Å². The minimum absolute atomic E-state index is 0.0890. The smallest absolute Gasteiger partial charge is 0.324 e. The third-order valence-corrected chi connectivity index (χ3v) is 4.82. The van der Waals surface area contributed by atoms with Crippen molar-refractivity contribution in [2.75, 3.05) is 0 Å². The summed E-state index contributed by atoms with van der Waals surface area (Å²) in [6, 6.07) is 4.08. The number of benzene rings is 1. The summed E-state index contributed by atoms with van der Waals surface area (Å²) in [5.74, 6) is -5.93.